The van der Waals surface area contributed by atoms with E-state index >= 15 is 0 Å². The summed E-state index contributed by atoms with van der Waals surface area (Å²) >= 11 is 1.38. The number of hydrogen-bond acceptors (Lipinski definition) is 4. The largest absolute Gasteiger partial charge is 0.478 e. The summed E-state index contributed by atoms with van der Waals surface area (Å²) in [4.78, 5) is 27.7. The van der Waals surface area contributed by atoms with Crippen molar-refractivity contribution in [1.29, 1.82) is 0 Å². The van der Waals surface area contributed by atoms with Crippen LogP contribution in [0, 0.1) is 13.8 Å². The number of nitrogens with zero attached hydrogens (tertiary/aromatic N) is 1. The van der Waals surface area contributed by atoms with E-state index in [4.69, 9.17) is 5.11 Å². The highest BCUT2D eigenvalue weighted by atomic mass is 32.1. The smallest absolute Gasteiger partial charge is 0.335 e. The molecule has 3 N–H and O–H groups in total. The summed E-state index contributed by atoms with van der Waals surface area (Å²) in [6.07, 6.45) is 1.67. The molecule has 0 bridgehead atoms. The number of thiazole rings is 1. The summed E-state index contributed by atoms with van der Waals surface area (Å²) < 4.78 is 0. The molecule has 0 aliphatic rings. The molecule has 7 heteroatoms. The maximum Gasteiger partial charge on any atom is 0.335 e. The van der Waals surface area contributed by atoms with Crippen molar-refractivity contribution in [2.24, 2.45) is 0 Å². The maximum atomic E-state index is 11.7. The summed E-state index contributed by atoms with van der Waals surface area (Å²) in [5.41, 5.74) is 1.32. The van der Waals surface area contributed by atoms with Gasteiger partial charge in [-0.05, 0) is 37.6 Å². The van der Waals surface area contributed by atoms with Crippen LogP contribution in [0.4, 0.5) is 15.6 Å². The third-order valence-corrected chi connectivity index (χ3v) is 3.38. The first-order valence-electron chi connectivity index (χ1n) is 5.80. The number of carbonyl (C=O) groups is 2. The Bertz CT molecular complexity index is 667. The average molecular weight is 291 g/mol. The minimum Gasteiger partial charge on any atom is -0.478 e. The van der Waals surface area contributed by atoms with Gasteiger partial charge < -0.3 is 10.4 Å². The highest BCUT2D eigenvalue weighted by Gasteiger charge is 2.09. The van der Waals surface area contributed by atoms with Crippen molar-refractivity contribution in [2.75, 3.05) is 10.6 Å². The monoisotopic (exact) mass is 291 g/mol. The average Bonchev–Trinajstić information content (AvgIpc) is 2.74. The molecule has 0 fully saturated rings. The summed E-state index contributed by atoms with van der Waals surface area (Å²) in [6.45, 7) is 3.57. The molecule has 2 amide bonds. The first-order valence-corrected chi connectivity index (χ1v) is 6.62. The normalized spacial score (nSPS) is 10.1. The van der Waals surface area contributed by atoms with E-state index in [0.717, 1.165) is 4.88 Å². The summed E-state index contributed by atoms with van der Waals surface area (Å²) in [5, 5.41) is 14.7. The van der Waals surface area contributed by atoms with Gasteiger partial charge in [0, 0.05) is 16.8 Å². The number of aryl methyl sites for hydroxylation is 2. The van der Waals surface area contributed by atoms with Gasteiger partial charge in [-0.25, -0.2) is 14.6 Å². The van der Waals surface area contributed by atoms with Crippen LogP contribution >= 0.6 is 11.3 Å². The zero-order valence-corrected chi connectivity index (χ0v) is 11.7. The molecular weight excluding hydrogens is 278 g/mol. The van der Waals surface area contributed by atoms with E-state index < -0.39 is 12.0 Å². The highest BCUT2D eigenvalue weighted by molar-refractivity contribution is 7.15. The zero-order chi connectivity index (χ0) is 14.7. The van der Waals surface area contributed by atoms with Crippen LogP contribution in [-0.4, -0.2) is 22.1 Å². The Morgan fingerprint density at radius 2 is 2.00 bits per heavy atom. The molecule has 2 rings (SSSR count). The molecule has 0 spiro atoms. The minimum atomic E-state index is -0.989. The van der Waals surface area contributed by atoms with Crippen molar-refractivity contribution in [2.45, 2.75) is 13.8 Å². The number of anilines is 2. The number of nitrogens with one attached hydrogen (secondary N) is 2. The van der Waals surface area contributed by atoms with Gasteiger partial charge in [-0.15, -0.1) is 11.3 Å². The molecule has 2 aromatic rings. The predicted molar refractivity (Wildman–Crippen MR) is 77.6 cm³/mol. The summed E-state index contributed by atoms with van der Waals surface area (Å²) in [7, 11) is 0. The third kappa shape index (κ3) is 3.33. The number of rotatable bonds is 3. The molecule has 0 aliphatic carbocycles. The van der Waals surface area contributed by atoms with Crippen LogP contribution in [0.3, 0.4) is 0 Å². The first kappa shape index (κ1) is 14.0. The van der Waals surface area contributed by atoms with Crippen molar-refractivity contribution < 1.29 is 14.7 Å². The molecular formula is C13H13N3O3S. The number of urea groups is 1. The van der Waals surface area contributed by atoms with Crippen LogP contribution in [0.25, 0.3) is 0 Å². The second-order valence-electron chi connectivity index (χ2n) is 4.19. The standard InChI is InChI=1S/C13H13N3O3S/c1-7-5-9(3-4-10(7)11(17)18)15-12(19)16-13-14-6-8(2)20-13/h3-6H,1-2H3,(H,17,18)(H2,14,15,16,19). The van der Waals surface area contributed by atoms with Crippen LogP contribution in [0.15, 0.2) is 24.4 Å². The SMILES string of the molecule is Cc1cnc(NC(=O)Nc2ccc(C(=O)O)c(C)c2)s1. The second kappa shape index (κ2) is 5.70. The van der Waals surface area contributed by atoms with Gasteiger partial charge in [0.05, 0.1) is 5.56 Å². The van der Waals surface area contributed by atoms with Gasteiger partial charge in [-0.3, -0.25) is 5.32 Å². The topological polar surface area (TPSA) is 91.3 Å². The Kier molecular flexibility index (Phi) is 3.99. The Hall–Kier alpha value is -2.41. The van der Waals surface area contributed by atoms with Gasteiger partial charge in [0.25, 0.3) is 0 Å². The molecule has 0 aliphatic heterocycles. The molecule has 0 radical (unpaired) electrons. The molecule has 1 aromatic heterocycles. The fourth-order valence-corrected chi connectivity index (χ4v) is 2.31. The van der Waals surface area contributed by atoms with Crippen LogP contribution in [-0.2, 0) is 0 Å². The van der Waals surface area contributed by atoms with E-state index in [1.165, 1.54) is 17.4 Å². The van der Waals surface area contributed by atoms with Gasteiger partial charge in [-0.1, -0.05) is 0 Å². The van der Waals surface area contributed by atoms with Crippen molar-refractivity contribution >= 4 is 34.2 Å². The number of aromatic carboxylic acids is 1. The first-order chi connectivity index (χ1) is 9.45. The highest BCUT2D eigenvalue weighted by Crippen LogP contribution is 2.18. The fraction of sp³-hybridized carbons (Fsp3) is 0.154. The number of aromatic nitrogens is 1. The van der Waals surface area contributed by atoms with Crippen LogP contribution in [0.5, 0.6) is 0 Å². The van der Waals surface area contributed by atoms with Crippen LogP contribution < -0.4 is 10.6 Å². The predicted octanol–water partition coefficient (Wildman–Crippen LogP) is 3.10. The lowest BCUT2D eigenvalue weighted by Crippen LogP contribution is -2.19. The minimum absolute atomic E-state index is 0.214. The van der Waals surface area contributed by atoms with E-state index in [0.29, 0.717) is 16.4 Å². The van der Waals surface area contributed by atoms with Crippen molar-refractivity contribution in [3.8, 4) is 0 Å². The molecule has 1 heterocycles. The Balaban J connectivity index is 2.04. The lowest BCUT2D eigenvalue weighted by molar-refractivity contribution is 0.0696. The van der Waals surface area contributed by atoms with Gasteiger partial charge in [0.1, 0.15) is 0 Å². The van der Waals surface area contributed by atoms with E-state index in [-0.39, 0.29) is 5.56 Å². The molecule has 0 atom stereocenters. The quantitative estimate of drug-likeness (QED) is 0.810. The summed E-state index contributed by atoms with van der Waals surface area (Å²) in [6, 6.07) is 4.20. The van der Waals surface area contributed by atoms with Crippen LogP contribution in [0.2, 0.25) is 0 Å². The molecule has 6 nitrogen and oxygen atoms in total. The van der Waals surface area contributed by atoms with Gasteiger partial charge in [0.2, 0.25) is 0 Å². The number of carboxylic acid groups (broad SMARTS) is 1. The molecule has 0 saturated heterocycles. The van der Waals surface area contributed by atoms with E-state index in [1.54, 1.807) is 25.3 Å². The third-order valence-electron chi connectivity index (χ3n) is 2.56. The fourth-order valence-electron chi connectivity index (χ4n) is 1.65. The molecule has 20 heavy (non-hydrogen) atoms. The van der Waals surface area contributed by atoms with E-state index in [1.807, 2.05) is 6.92 Å². The zero-order valence-electron chi connectivity index (χ0n) is 10.9. The molecule has 104 valence electrons. The lowest BCUT2D eigenvalue weighted by Gasteiger charge is -2.07. The van der Waals surface area contributed by atoms with E-state index in [9.17, 15) is 9.59 Å². The number of benzene rings is 1. The van der Waals surface area contributed by atoms with Crippen molar-refractivity contribution in [1.82, 2.24) is 4.98 Å². The van der Waals surface area contributed by atoms with Gasteiger partial charge in [0.15, 0.2) is 5.13 Å². The lowest BCUT2D eigenvalue weighted by atomic mass is 10.1. The number of hydrogen-bond donors (Lipinski definition) is 3. The Labute approximate surface area is 119 Å². The summed E-state index contributed by atoms with van der Waals surface area (Å²) in [5.74, 6) is -0.989. The van der Waals surface area contributed by atoms with Crippen molar-refractivity contribution in [3.63, 3.8) is 0 Å². The Morgan fingerprint density at radius 1 is 1.25 bits per heavy atom. The Morgan fingerprint density at radius 3 is 2.55 bits per heavy atom. The second-order valence-corrected chi connectivity index (χ2v) is 5.42. The number of carbonyl (C=O) groups excluding carboxylic acids is 1. The van der Waals surface area contributed by atoms with Crippen LogP contribution in [0.1, 0.15) is 20.8 Å². The van der Waals surface area contributed by atoms with Gasteiger partial charge in [-0.2, -0.15) is 0 Å². The number of amides is 2. The van der Waals surface area contributed by atoms with E-state index in [2.05, 4.69) is 15.6 Å². The molecule has 1 aromatic carbocycles. The molecule has 0 saturated carbocycles. The molecule has 0 unspecified atom stereocenters. The maximum absolute atomic E-state index is 11.7. The van der Waals surface area contributed by atoms with Crippen molar-refractivity contribution in [3.05, 3.63) is 40.4 Å². The van der Waals surface area contributed by atoms with Gasteiger partial charge >= 0.3 is 12.0 Å². The number of carboxylic acids is 1.